The molecule has 2 heterocycles. The highest BCUT2D eigenvalue weighted by Gasteiger charge is 2.39. The number of nitrogens with two attached hydrogens (primary N) is 1. The van der Waals surface area contributed by atoms with E-state index in [9.17, 15) is 14.0 Å². The van der Waals surface area contributed by atoms with Crippen LogP contribution in [0, 0.1) is 0 Å². The summed E-state index contributed by atoms with van der Waals surface area (Å²) in [5.41, 5.74) is 5.40. The molecule has 1 aliphatic rings. The van der Waals surface area contributed by atoms with E-state index >= 15 is 0 Å². The van der Waals surface area contributed by atoms with Crippen LogP contribution in [0.5, 0.6) is 0 Å². The summed E-state index contributed by atoms with van der Waals surface area (Å²) in [6, 6.07) is 0.581. The first-order valence-electron chi connectivity index (χ1n) is 4.97. The summed E-state index contributed by atoms with van der Waals surface area (Å²) in [5, 5.41) is 0. The van der Waals surface area contributed by atoms with Gasteiger partial charge in [-0.2, -0.15) is 0 Å². The maximum atomic E-state index is 13.2. The van der Waals surface area contributed by atoms with Crippen molar-refractivity contribution in [1.29, 1.82) is 0 Å². The number of nitrogens with zero attached hydrogens (tertiary/aromatic N) is 1. The zero-order chi connectivity index (χ0) is 12.6. The largest absolute Gasteiger partial charge is 0.457 e. The van der Waals surface area contributed by atoms with Crippen LogP contribution in [0.2, 0.25) is 0 Å². The summed E-state index contributed by atoms with van der Waals surface area (Å²) in [4.78, 5) is 24.3. The fourth-order valence-corrected chi connectivity index (χ4v) is 2.21. The van der Waals surface area contributed by atoms with Crippen molar-refractivity contribution >= 4 is 27.7 Å². The van der Waals surface area contributed by atoms with Gasteiger partial charge in [0.1, 0.15) is 18.5 Å². The third-order valence-electron chi connectivity index (χ3n) is 2.65. The molecule has 0 spiro atoms. The van der Waals surface area contributed by atoms with Crippen molar-refractivity contribution in [2.24, 2.45) is 5.73 Å². The van der Waals surface area contributed by atoms with Gasteiger partial charge in [0.15, 0.2) is 4.67 Å². The quantitative estimate of drug-likeness (QED) is 0.888. The number of hydrogen-bond acceptors (Lipinski definition) is 3. The number of primary amides is 1. The standard InChI is InChI=1S/C10H10BrFN2O3/c11-8-1-5(4-17-8)10(16)14-3-6(12)2-7(14)9(13)15/h1,4,6-7H,2-3H2,(H2,13,15)/t6-,7+/m1/s1. The predicted molar refractivity (Wildman–Crippen MR) is 59.9 cm³/mol. The lowest BCUT2D eigenvalue weighted by Gasteiger charge is -2.20. The molecule has 1 aromatic heterocycles. The number of likely N-dealkylation sites (tertiary alicyclic amines) is 1. The molecule has 92 valence electrons. The fraction of sp³-hybridized carbons (Fsp3) is 0.400. The summed E-state index contributed by atoms with van der Waals surface area (Å²) in [6.45, 7) is -0.116. The molecule has 2 atom stereocenters. The van der Waals surface area contributed by atoms with Gasteiger partial charge in [0.25, 0.3) is 5.91 Å². The third kappa shape index (κ3) is 2.33. The molecule has 0 aromatic carbocycles. The lowest BCUT2D eigenvalue weighted by molar-refractivity contribution is -0.121. The van der Waals surface area contributed by atoms with Crippen LogP contribution in [0.3, 0.4) is 0 Å². The second-order valence-electron chi connectivity index (χ2n) is 3.85. The highest BCUT2D eigenvalue weighted by molar-refractivity contribution is 9.10. The number of amides is 2. The van der Waals surface area contributed by atoms with Crippen LogP contribution in [0.25, 0.3) is 0 Å². The summed E-state index contributed by atoms with van der Waals surface area (Å²) in [6.07, 6.45) is -0.0114. The first-order chi connectivity index (χ1) is 7.99. The van der Waals surface area contributed by atoms with Gasteiger partial charge in [-0.05, 0) is 15.9 Å². The van der Waals surface area contributed by atoms with E-state index in [0.717, 1.165) is 4.90 Å². The molecule has 1 aromatic rings. The van der Waals surface area contributed by atoms with Gasteiger partial charge in [0.05, 0.1) is 12.1 Å². The molecule has 1 fully saturated rings. The zero-order valence-corrected chi connectivity index (χ0v) is 10.3. The maximum absolute atomic E-state index is 13.2. The smallest absolute Gasteiger partial charge is 0.257 e. The first-order valence-corrected chi connectivity index (χ1v) is 5.76. The van der Waals surface area contributed by atoms with Crippen molar-refractivity contribution in [3.05, 3.63) is 22.6 Å². The van der Waals surface area contributed by atoms with E-state index in [1.165, 1.54) is 12.3 Å². The number of carbonyl (C=O) groups excluding carboxylic acids is 2. The van der Waals surface area contributed by atoms with E-state index in [4.69, 9.17) is 10.2 Å². The van der Waals surface area contributed by atoms with E-state index in [0.29, 0.717) is 4.67 Å². The Labute approximate surface area is 105 Å². The molecular formula is C10H10BrFN2O3. The average molecular weight is 305 g/mol. The third-order valence-corrected chi connectivity index (χ3v) is 3.07. The zero-order valence-electron chi connectivity index (χ0n) is 8.73. The van der Waals surface area contributed by atoms with E-state index in [-0.39, 0.29) is 18.5 Å². The lowest BCUT2D eigenvalue weighted by atomic mass is 10.2. The molecule has 2 rings (SSSR count). The Morgan fingerprint density at radius 1 is 1.59 bits per heavy atom. The van der Waals surface area contributed by atoms with Gasteiger partial charge in [-0.15, -0.1) is 0 Å². The number of furan rings is 1. The van der Waals surface area contributed by atoms with E-state index in [2.05, 4.69) is 15.9 Å². The van der Waals surface area contributed by atoms with Gasteiger partial charge < -0.3 is 15.1 Å². The molecule has 7 heteroatoms. The topological polar surface area (TPSA) is 76.5 Å². The Kier molecular flexibility index (Phi) is 3.19. The van der Waals surface area contributed by atoms with E-state index in [1.807, 2.05) is 0 Å². The molecule has 2 amide bonds. The van der Waals surface area contributed by atoms with Crippen LogP contribution < -0.4 is 5.73 Å². The molecular weight excluding hydrogens is 295 g/mol. The number of alkyl halides is 1. The minimum absolute atomic E-state index is 0.0416. The van der Waals surface area contributed by atoms with Crippen LogP contribution in [-0.2, 0) is 4.79 Å². The van der Waals surface area contributed by atoms with Crippen LogP contribution in [0.4, 0.5) is 4.39 Å². The fourth-order valence-electron chi connectivity index (χ4n) is 1.87. The summed E-state index contributed by atoms with van der Waals surface area (Å²) in [5.74, 6) is -1.15. The van der Waals surface area contributed by atoms with Crippen molar-refractivity contribution in [3.8, 4) is 0 Å². The molecule has 0 radical (unpaired) electrons. The molecule has 0 saturated carbocycles. The van der Waals surface area contributed by atoms with Gasteiger partial charge in [0.2, 0.25) is 5.91 Å². The molecule has 5 nitrogen and oxygen atoms in total. The van der Waals surface area contributed by atoms with Crippen LogP contribution in [0.1, 0.15) is 16.8 Å². The predicted octanol–water partition coefficient (Wildman–Crippen LogP) is 1.08. The number of carbonyl (C=O) groups is 2. The van der Waals surface area contributed by atoms with Crippen LogP contribution >= 0.6 is 15.9 Å². The second kappa shape index (κ2) is 4.48. The monoisotopic (exact) mass is 304 g/mol. The lowest BCUT2D eigenvalue weighted by Crippen LogP contribution is -2.43. The van der Waals surface area contributed by atoms with Crippen molar-refractivity contribution in [1.82, 2.24) is 4.90 Å². The minimum atomic E-state index is -1.22. The molecule has 17 heavy (non-hydrogen) atoms. The molecule has 0 aliphatic carbocycles. The number of rotatable bonds is 2. The summed E-state index contributed by atoms with van der Waals surface area (Å²) in [7, 11) is 0. The normalized spacial score (nSPS) is 24.0. The maximum Gasteiger partial charge on any atom is 0.257 e. The van der Waals surface area contributed by atoms with Crippen molar-refractivity contribution in [3.63, 3.8) is 0 Å². The highest BCUT2D eigenvalue weighted by atomic mass is 79.9. The Bertz CT molecular complexity index is 462. The van der Waals surface area contributed by atoms with Gasteiger partial charge in [-0.1, -0.05) is 0 Å². The Morgan fingerprint density at radius 2 is 2.29 bits per heavy atom. The van der Waals surface area contributed by atoms with Crippen molar-refractivity contribution in [2.75, 3.05) is 6.54 Å². The first kappa shape index (κ1) is 12.1. The number of halogens is 2. The molecule has 0 bridgehead atoms. The van der Waals surface area contributed by atoms with Gasteiger partial charge in [-0.25, -0.2) is 4.39 Å². The van der Waals surface area contributed by atoms with Crippen LogP contribution in [0.15, 0.2) is 21.4 Å². The Balaban J connectivity index is 2.21. The van der Waals surface area contributed by atoms with Gasteiger partial charge in [0, 0.05) is 12.5 Å². The Hall–Kier alpha value is -1.37. The Morgan fingerprint density at radius 3 is 2.82 bits per heavy atom. The molecule has 1 aliphatic heterocycles. The van der Waals surface area contributed by atoms with E-state index < -0.39 is 24.0 Å². The SMILES string of the molecule is NC(=O)[C@@H]1C[C@@H](F)CN1C(=O)c1coc(Br)c1. The van der Waals surface area contributed by atoms with Gasteiger partial charge >= 0.3 is 0 Å². The molecule has 0 unspecified atom stereocenters. The number of hydrogen-bond donors (Lipinski definition) is 1. The second-order valence-corrected chi connectivity index (χ2v) is 4.63. The summed E-state index contributed by atoms with van der Waals surface area (Å²) < 4.78 is 18.6. The van der Waals surface area contributed by atoms with Gasteiger partial charge in [-0.3, -0.25) is 9.59 Å². The average Bonchev–Trinajstić information content (AvgIpc) is 2.83. The minimum Gasteiger partial charge on any atom is -0.457 e. The van der Waals surface area contributed by atoms with Crippen molar-refractivity contribution in [2.45, 2.75) is 18.6 Å². The van der Waals surface area contributed by atoms with Crippen LogP contribution in [-0.4, -0.2) is 35.5 Å². The van der Waals surface area contributed by atoms with E-state index in [1.54, 1.807) is 0 Å². The molecule has 1 saturated heterocycles. The molecule has 2 N–H and O–H groups in total. The van der Waals surface area contributed by atoms with Crippen molar-refractivity contribution < 1.29 is 18.4 Å². The summed E-state index contributed by atoms with van der Waals surface area (Å²) >= 11 is 3.06. The highest BCUT2D eigenvalue weighted by Crippen LogP contribution is 2.24.